The number of ether oxygens (including phenoxy) is 4. The summed E-state index contributed by atoms with van der Waals surface area (Å²) in [6.45, 7) is 6.12. The number of hydrogen-bond acceptors (Lipinski definition) is 12. The monoisotopic (exact) mass is 490 g/mol. The summed E-state index contributed by atoms with van der Waals surface area (Å²) in [5, 5.41) is 6.40. The predicted octanol–water partition coefficient (Wildman–Crippen LogP) is -0.978. The van der Waals surface area contributed by atoms with Gasteiger partial charge >= 0.3 is 23.9 Å². The van der Waals surface area contributed by atoms with Gasteiger partial charge in [-0.2, -0.15) is 0 Å². The second kappa shape index (κ2) is 21.3. The van der Waals surface area contributed by atoms with Crippen LogP contribution >= 0.6 is 0 Å². The molecule has 34 heavy (non-hydrogen) atoms. The minimum Gasteiger partial charge on any atom is -0.469 e. The second-order valence-electron chi connectivity index (χ2n) is 7.49. The van der Waals surface area contributed by atoms with Crippen LogP contribution in [0.1, 0.15) is 25.7 Å². The van der Waals surface area contributed by atoms with Gasteiger partial charge in [-0.1, -0.05) is 0 Å². The minimum absolute atomic E-state index is 0.267. The van der Waals surface area contributed by atoms with Crippen LogP contribution in [0.25, 0.3) is 0 Å². The molecule has 0 unspecified atom stereocenters. The molecule has 0 aliphatic heterocycles. The minimum atomic E-state index is -0.277. The Balaban J connectivity index is 4.66. The van der Waals surface area contributed by atoms with E-state index in [2.05, 4.69) is 29.9 Å². The van der Waals surface area contributed by atoms with Gasteiger partial charge < -0.3 is 39.4 Å². The molecule has 0 spiro atoms. The van der Waals surface area contributed by atoms with Crippen LogP contribution in [0.2, 0.25) is 0 Å². The van der Waals surface area contributed by atoms with Crippen LogP contribution in [0.15, 0.2) is 0 Å². The SMILES string of the molecule is COC(=O)CCNCCN(CCC(=O)OC)CCN(CCNCCC(=O)OC)CCC(=O)OC. The summed E-state index contributed by atoms with van der Waals surface area (Å²) in [5.41, 5.74) is 0. The first kappa shape index (κ1) is 31.7. The summed E-state index contributed by atoms with van der Waals surface area (Å²) in [5.74, 6) is -1.09. The molecule has 0 aromatic carbocycles. The Kier molecular flexibility index (Phi) is 19.8. The smallest absolute Gasteiger partial charge is 0.306 e. The van der Waals surface area contributed by atoms with Gasteiger partial charge in [0, 0.05) is 65.4 Å². The molecular formula is C22H42N4O8. The Morgan fingerprint density at radius 1 is 0.471 bits per heavy atom. The van der Waals surface area contributed by atoms with Crippen LogP contribution in [0.4, 0.5) is 0 Å². The highest BCUT2D eigenvalue weighted by molar-refractivity contribution is 5.70. The van der Waals surface area contributed by atoms with E-state index in [1.54, 1.807) is 0 Å². The molecule has 0 aromatic heterocycles. The standard InChI is InChI=1S/C22H42N4O8/c1-31-19(27)5-9-23-11-15-25(13-7-21(29)33-3)17-18-26(14-8-22(30)34-4)16-12-24-10-6-20(28)32-2/h23-24H,5-18H2,1-4H3. The Bertz CT molecular complexity index is 541. The molecule has 0 rings (SSSR count). The lowest BCUT2D eigenvalue weighted by atomic mass is 10.3. The molecule has 0 aromatic rings. The summed E-state index contributed by atoms with van der Waals surface area (Å²) in [7, 11) is 5.45. The van der Waals surface area contributed by atoms with Crippen molar-refractivity contribution in [1.29, 1.82) is 0 Å². The van der Waals surface area contributed by atoms with Crippen LogP contribution in [0, 0.1) is 0 Å². The largest absolute Gasteiger partial charge is 0.469 e. The first-order valence-electron chi connectivity index (χ1n) is 11.5. The molecule has 0 fully saturated rings. The number of hydrogen-bond donors (Lipinski definition) is 2. The summed E-state index contributed by atoms with van der Waals surface area (Å²) in [4.78, 5) is 49.9. The molecule has 0 saturated heterocycles. The molecule has 2 N–H and O–H groups in total. The summed E-state index contributed by atoms with van der Waals surface area (Å²) in [6.07, 6.45) is 1.14. The maximum Gasteiger partial charge on any atom is 0.306 e. The van der Waals surface area contributed by atoms with Crippen molar-refractivity contribution in [1.82, 2.24) is 20.4 Å². The number of rotatable bonds is 21. The Morgan fingerprint density at radius 3 is 1.12 bits per heavy atom. The molecule has 0 heterocycles. The topological polar surface area (TPSA) is 136 Å². The van der Waals surface area contributed by atoms with E-state index < -0.39 is 0 Å². The maximum atomic E-state index is 11.6. The zero-order chi connectivity index (χ0) is 25.6. The van der Waals surface area contributed by atoms with Crippen molar-refractivity contribution >= 4 is 23.9 Å². The maximum absolute atomic E-state index is 11.6. The number of nitrogens with zero attached hydrogens (tertiary/aromatic N) is 2. The van der Waals surface area contributed by atoms with Crippen molar-refractivity contribution in [3.05, 3.63) is 0 Å². The van der Waals surface area contributed by atoms with E-state index in [-0.39, 0.29) is 36.7 Å². The first-order chi connectivity index (χ1) is 16.4. The fourth-order valence-corrected chi connectivity index (χ4v) is 2.97. The van der Waals surface area contributed by atoms with Crippen molar-refractivity contribution in [3.8, 4) is 0 Å². The molecule has 0 saturated carbocycles. The van der Waals surface area contributed by atoms with Gasteiger partial charge in [0.1, 0.15) is 0 Å². The van der Waals surface area contributed by atoms with Crippen molar-refractivity contribution in [2.45, 2.75) is 25.7 Å². The van der Waals surface area contributed by atoms with E-state index in [1.807, 2.05) is 0 Å². The highest BCUT2D eigenvalue weighted by Gasteiger charge is 2.13. The average Bonchev–Trinajstić information content (AvgIpc) is 2.85. The van der Waals surface area contributed by atoms with Crippen LogP contribution in [-0.2, 0) is 38.1 Å². The van der Waals surface area contributed by atoms with Crippen molar-refractivity contribution in [2.75, 3.05) is 93.9 Å². The summed E-state index contributed by atoms with van der Waals surface area (Å²) >= 11 is 0. The zero-order valence-corrected chi connectivity index (χ0v) is 21.1. The third kappa shape index (κ3) is 18.2. The fraction of sp³-hybridized carbons (Fsp3) is 0.818. The first-order valence-corrected chi connectivity index (χ1v) is 11.5. The molecule has 198 valence electrons. The van der Waals surface area contributed by atoms with Gasteiger partial charge in [-0.05, 0) is 0 Å². The molecule has 0 aliphatic carbocycles. The number of carbonyl (C=O) groups excluding carboxylic acids is 4. The highest BCUT2D eigenvalue weighted by atomic mass is 16.5. The molecule has 0 aliphatic rings. The molecule has 0 atom stereocenters. The quantitative estimate of drug-likeness (QED) is 0.116. The Labute approximate surface area is 202 Å². The summed E-state index contributed by atoms with van der Waals surface area (Å²) < 4.78 is 18.8. The van der Waals surface area contributed by atoms with Crippen LogP contribution in [0.5, 0.6) is 0 Å². The zero-order valence-electron chi connectivity index (χ0n) is 21.1. The molecule has 12 heteroatoms. The van der Waals surface area contributed by atoms with E-state index in [0.717, 1.165) is 0 Å². The van der Waals surface area contributed by atoms with E-state index in [4.69, 9.17) is 9.47 Å². The third-order valence-corrected chi connectivity index (χ3v) is 5.13. The van der Waals surface area contributed by atoms with E-state index in [9.17, 15) is 19.2 Å². The Morgan fingerprint density at radius 2 is 0.794 bits per heavy atom. The van der Waals surface area contributed by atoms with Gasteiger partial charge in [0.25, 0.3) is 0 Å². The Hall–Kier alpha value is -2.28. The van der Waals surface area contributed by atoms with E-state index >= 15 is 0 Å². The van der Waals surface area contributed by atoms with Crippen LogP contribution in [0.3, 0.4) is 0 Å². The van der Waals surface area contributed by atoms with Crippen molar-refractivity contribution < 1.29 is 38.1 Å². The average molecular weight is 491 g/mol. The van der Waals surface area contributed by atoms with Gasteiger partial charge in [-0.3, -0.25) is 19.2 Å². The predicted molar refractivity (Wildman–Crippen MR) is 125 cm³/mol. The van der Waals surface area contributed by atoms with E-state index in [0.29, 0.717) is 78.3 Å². The lowest BCUT2D eigenvalue weighted by molar-refractivity contribution is -0.142. The molecule has 0 radical (unpaired) electrons. The normalized spacial score (nSPS) is 10.9. The van der Waals surface area contributed by atoms with Gasteiger partial charge in [0.05, 0.1) is 54.1 Å². The highest BCUT2D eigenvalue weighted by Crippen LogP contribution is 1.99. The lowest BCUT2D eigenvalue weighted by Gasteiger charge is -2.27. The van der Waals surface area contributed by atoms with Gasteiger partial charge in [-0.15, -0.1) is 0 Å². The van der Waals surface area contributed by atoms with E-state index in [1.165, 1.54) is 28.4 Å². The molecular weight excluding hydrogens is 448 g/mol. The number of nitrogens with one attached hydrogen (secondary N) is 2. The second-order valence-corrected chi connectivity index (χ2v) is 7.49. The lowest BCUT2D eigenvalue weighted by Crippen LogP contribution is -2.42. The van der Waals surface area contributed by atoms with Gasteiger partial charge in [-0.25, -0.2) is 0 Å². The molecule has 0 bridgehead atoms. The molecule has 12 nitrogen and oxygen atoms in total. The number of carbonyl (C=O) groups is 4. The van der Waals surface area contributed by atoms with Crippen molar-refractivity contribution in [3.63, 3.8) is 0 Å². The van der Waals surface area contributed by atoms with Crippen LogP contribution < -0.4 is 10.6 Å². The van der Waals surface area contributed by atoms with Gasteiger partial charge in [0.2, 0.25) is 0 Å². The third-order valence-electron chi connectivity index (χ3n) is 5.13. The van der Waals surface area contributed by atoms with Crippen molar-refractivity contribution in [2.24, 2.45) is 0 Å². The fourth-order valence-electron chi connectivity index (χ4n) is 2.97. The van der Waals surface area contributed by atoms with Gasteiger partial charge in [0.15, 0.2) is 0 Å². The number of methoxy groups -OCH3 is 4. The molecule has 0 amide bonds. The number of esters is 4. The summed E-state index contributed by atoms with van der Waals surface area (Å²) in [6, 6.07) is 0. The van der Waals surface area contributed by atoms with Crippen LogP contribution in [-0.4, -0.2) is 128 Å².